The summed E-state index contributed by atoms with van der Waals surface area (Å²) in [4.78, 5) is 51.5. The van der Waals surface area contributed by atoms with Gasteiger partial charge < -0.3 is 0 Å². The fourth-order valence-electron chi connectivity index (χ4n) is 7.63. The number of carbonyl (C=O) groups is 4. The molecule has 0 saturated heterocycles. The third-order valence-corrected chi connectivity index (χ3v) is 10.4. The molecule has 0 atom stereocenters. The van der Waals surface area contributed by atoms with E-state index in [1.165, 1.54) is 0 Å². The maximum atomic E-state index is 15.1. The molecule has 0 aromatic heterocycles. The molecule has 0 unspecified atom stereocenters. The molecule has 6 nitrogen and oxygen atoms in total. The number of hydrogen-bond donors (Lipinski definition) is 0. The van der Waals surface area contributed by atoms with Crippen LogP contribution in [-0.2, 0) is 18.5 Å². The summed E-state index contributed by atoms with van der Waals surface area (Å²) in [5.74, 6) is -37.7. The smallest absolute Gasteiger partial charge is 0.269 e. The number of halogens is 23. The van der Waals surface area contributed by atoms with E-state index in [0.29, 0.717) is 0 Å². The Labute approximate surface area is 334 Å². The Balaban J connectivity index is 1.65. The molecular formula is C35H9F23N2O4. The van der Waals surface area contributed by atoms with Gasteiger partial charge in [0.15, 0.2) is 0 Å². The number of imide groups is 2. The van der Waals surface area contributed by atoms with Gasteiger partial charge in [-0.2, -0.15) is 101 Å². The average molecular weight is 958 g/mol. The van der Waals surface area contributed by atoms with Crippen LogP contribution in [0, 0.1) is 0 Å². The molecule has 2 aliphatic rings. The molecule has 5 aromatic carbocycles. The minimum Gasteiger partial charge on any atom is -0.269 e. The molecule has 0 spiro atoms. The number of fused-ring (bicyclic) bond motifs is 2. The Morgan fingerprint density at radius 3 is 1.12 bits per heavy atom. The van der Waals surface area contributed by atoms with Crippen LogP contribution in [0.25, 0.3) is 43.1 Å². The van der Waals surface area contributed by atoms with Crippen molar-refractivity contribution >= 4 is 66.7 Å². The van der Waals surface area contributed by atoms with Gasteiger partial charge in [0.05, 0.1) is 35.3 Å². The second-order valence-corrected chi connectivity index (χ2v) is 14.1. The Kier molecular flexibility index (Phi) is 9.27. The van der Waals surface area contributed by atoms with Gasteiger partial charge in [0.1, 0.15) is 0 Å². The SMILES string of the molecule is O=C1c2ccc3c4c(C(F)(F)F)cc5c6c(c(C(F)(F)F)cc(c7c(C(F)(F)F)cc(c2c37)C(=O)N1CC(F)(F)C(F)(F)C(F)(F)F)c64)C(=O)N(CC(F)(F)C(F)(F)C(F)(F)F)C5=O. The van der Waals surface area contributed by atoms with Crippen molar-refractivity contribution in [2.45, 2.75) is 54.6 Å². The van der Waals surface area contributed by atoms with Crippen LogP contribution in [0.2, 0.25) is 0 Å². The van der Waals surface area contributed by atoms with Crippen LogP contribution in [0.4, 0.5) is 101 Å². The lowest BCUT2D eigenvalue weighted by Crippen LogP contribution is -2.59. The van der Waals surface area contributed by atoms with Gasteiger partial charge in [-0.25, -0.2) is 0 Å². The minimum atomic E-state index is -7.21. The number of alkyl halides is 23. The van der Waals surface area contributed by atoms with Gasteiger partial charge in [-0.15, -0.1) is 0 Å². The zero-order valence-corrected chi connectivity index (χ0v) is 29.5. The van der Waals surface area contributed by atoms with Crippen LogP contribution in [0.5, 0.6) is 0 Å². The van der Waals surface area contributed by atoms with Gasteiger partial charge in [0, 0.05) is 38.2 Å². The quantitative estimate of drug-likeness (QED) is 0.0735. The third-order valence-electron chi connectivity index (χ3n) is 10.4. The molecule has 2 heterocycles. The summed E-state index contributed by atoms with van der Waals surface area (Å²) < 4.78 is 326. The lowest BCUT2D eigenvalue weighted by Gasteiger charge is -2.36. The highest BCUT2D eigenvalue weighted by atomic mass is 19.4. The molecule has 5 aromatic rings. The highest BCUT2D eigenvalue weighted by Gasteiger charge is 2.75. The van der Waals surface area contributed by atoms with Crippen LogP contribution < -0.4 is 0 Å². The molecule has 0 bridgehead atoms. The predicted octanol–water partition coefficient (Wildman–Crippen LogP) is 11.7. The lowest BCUT2D eigenvalue weighted by atomic mass is 9.78. The summed E-state index contributed by atoms with van der Waals surface area (Å²) in [5, 5.41) is -12.8. The Hall–Kier alpha value is -5.93. The molecular weight excluding hydrogens is 949 g/mol. The molecule has 4 amide bonds. The van der Waals surface area contributed by atoms with E-state index in [0.717, 1.165) is 0 Å². The van der Waals surface area contributed by atoms with Crippen molar-refractivity contribution < 1.29 is 120 Å². The maximum Gasteiger partial charge on any atom is 0.459 e. The van der Waals surface area contributed by atoms with Crippen molar-refractivity contribution in [1.82, 2.24) is 9.80 Å². The molecule has 64 heavy (non-hydrogen) atoms. The number of hydrogen-bond acceptors (Lipinski definition) is 4. The zero-order valence-electron chi connectivity index (χ0n) is 29.5. The van der Waals surface area contributed by atoms with Gasteiger partial charge in [-0.3, -0.25) is 29.0 Å². The highest BCUT2D eigenvalue weighted by Crippen LogP contribution is 2.56. The van der Waals surface area contributed by atoms with E-state index < -0.39 is 201 Å². The number of amides is 4. The molecule has 2 aliphatic heterocycles. The van der Waals surface area contributed by atoms with E-state index in [1.807, 2.05) is 0 Å². The fraction of sp³-hybridized carbons (Fsp3) is 0.314. The van der Waals surface area contributed by atoms with E-state index in [4.69, 9.17) is 0 Å². The highest BCUT2D eigenvalue weighted by molar-refractivity contribution is 6.42. The van der Waals surface area contributed by atoms with Crippen molar-refractivity contribution in [3.63, 3.8) is 0 Å². The van der Waals surface area contributed by atoms with E-state index in [2.05, 4.69) is 0 Å². The Morgan fingerprint density at radius 2 is 0.719 bits per heavy atom. The molecule has 0 radical (unpaired) electrons. The first-order valence-electron chi connectivity index (χ1n) is 16.5. The van der Waals surface area contributed by atoms with E-state index in [1.54, 1.807) is 0 Å². The number of carbonyl (C=O) groups excluding carboxylic acids is 4. The molecule has 0 fully saturated rings. The predicted molar refractivity (Wildman–Crippen MR) is 165 cm³/mol. The summed E-state index contributed by atoms with van der Waals surface area (Å²) in [7, 11) is 0. The largest absolute Gasteiger partial charge is 0.459 e. The second kappa shape index (κ2) is 12.9. The Bertz CT molecular complexity index is 2920. The van der Waals surface area contributed by atoms with Gasteiger partial charge >= 0.3 is 54.6 Å². The van der Waals surface area contributed by atoms with Crippen molar-refractivity contribution in [2.24, 2.45) is 0 Å². The fourth-order valence-corrected chi connectivity index (χ4v) is 7.63. The lowest BCUT2D eigenvalue weighted by molar-refractivity contribution is -0.354. The molecule has 0 aliphatic carbocycles. The average Bonchev–Trinajstić information content (AvgIpc) is 3.12. The van der Waals surface area contributed by atoms with E-state index in [-0.39, 0.29) is 12.1 Å². The second-order valence-electron chi connectivity index (χ2n) is 14.1. The van der Waals surface area contributed by atoms with Crippen LogP contribution >= 0.6 is 0 Å². The first-order valence-corrected chi connectivity index (χ1v) is 16.5. The van der Waals surface area contributed by atoms with Gasteiger partial charge in [-0.05, 0) is 45.8 Å². The Morgan fingerprint density at radius 1 is 0.359 bits per heavy atom. The van der Waals surface area contributed by atoms with Crippen LogP contribution in [0.15, 0.2) is 30.3 Å². The van der Waals surface area contributed by atoms with Gasteiger partial charge in [-0.1, -0.05) is 6.07 Å². The maximum absolute atomic E-state index is 15.1. The van der Waals surface area contributed by atoms with Crippen LogP contribution in [-0.4, -0.2) is 82.6 Å². The third kappa shape index (κ3) is 6.09. The van der Waals surface area contributed by atoms with Crippen molar-refractivity contribution in [1.29, 1.82) is 0 Å². The molecule has 7 rings (SSSR count). The first-order chi connectivity index (χ1) is 28.6. The van der Waals surface area contributed by atoms with Gasteiger partial charge in [0.25, 0.3) is 23.6 Å². The van der Waals surface area contributed by atoms with E-state index in [9.17, 15) is 93.8 Å². The van der Waals surface area contributed by atoms with Crippen molar-refractivity contribution in [3.8, 4) is 0 Å². The number of benzene rings is 5. The number of nitrogens with zero attached hydrogens (tertiary/aromatic N) is 2. The normalized spacial score (nSPS) is 16.5. The standard InChI is InChI=1S/C35H9F23N2O4/c36-27(37,32(49,50)34(53,54)55)6-59-23(61)9-2-1-8-17-13(29(40,41)42)5-12-21-20(17)10(18-14(30(43,44)45)4-11(24(59)62)16(9)19(8)18)3-15(31(46,47)48)22(21)26(64)60(25(12)63)7-28(38,39)33(51,52)35(56,57)58/h1-5H,6-7H2. The summed E-state index contributed by atoms with van der Waals surface area (Å²) in [6.45, 7) is -6.69. The summed E-state index contributed by atoms with van der Waals surface area (Å²) >= 11 is 0. The van der Waals surface area contributed by atoms with Crippen LogP contribution in [0.1, 0.15) is 58.1 Å². The van der Waals surface area contributed by atoms with E-state index >= 15 is 26.3 Å². The van der Waals surface area contributed by atoms with Crippen LogP contribution in [0.3, 0.4) is 0 Å². The zero-order chi connectivity index (χ0) is 48.6. The molecule has 0 saturated carbocycles. The van der Waals surface area contributed by atoms with Gasteiger partial charge in [0.2, 0.25) is 0 Å². The van der Waals surface area contributed by atoms with Crippen molar-refractivity contribution in [2.75, 3.05) is 13.1 Å². The molecule has 0 N–H and O–H groups in total. The van der Waals surface area contributed by atoms with Crippen molar-refractivity contribution in [3.05, 3.63) is 69.3 Å². The molecule has 344 valence electrons. The monoisotopic (exact) mass is 958 g/mol. The minimum absolute atomic E-state index is 0.185. The topological polar surface area (TPSA) is 74.8 Å². The summed E-state index contributed by atoms with van der Waals surface area (Å²) in [6, 6.07) is -1.20. The summed E-state index contributed by atoms with van der Waals surface area (Å²) in [5.41, 5.74) is -14.9. The molecule has 29 heteroatoms. The first kappa shape index (κ1) is 46.1. The summed E-state index contributed by atoms with van der Waals surface area (Å²) in [6.07, 6.45) is -32.7. The number of rotatable bonds is 6.